The predicted octanol–water partition coefficient (Wildman–Crippen LogP) is 3.89. The molecule has 0 saturated carbocycles. The second kappa shape index (κ2) is 5.88. The first-order chi connectivity index (χ1) is 9.81. The van der Waals surface area contributed by atoms with Crippen LogP contribution in [0.2, 0.25) is 0 Å². The fourth-order valence-electron chi connectivity index (χ4n) is 2.25. The number of aromatic amines is 1. The second-order valence-electron chi connectivity index (χ2n) is 4.61. The summed E-state index contributed by atoms with van der Waals surface area (Å²) in [5.41, 5.74) is 1.25. The minimum atomic E-state index is 0.175. The molecule has 0 aliphatic carbocycles. The number of benzene rings is 1. The van der Waals surface area contributed by atoms with Crippen molar-refractivity contribution in [3.8, 4) is 0 Å². The van der Waals surface area contributed by atoms with Gasteiger partial charge in [-0.15, -0.1) is 5.10 Å². The number of nitrogens with zero attached hydrogens (tertiary/aromatic N) is 1. The number of hydrogen-bond acceptors (Lipinski definition) is 4. The molecule has 0 saturated heterocycles. The molecule has 0 spiro atoms. The third-order valence-electron chi connectivity index (χ3n) is 3.17. The maximum Gasteiger partial charge on any atom is 0.284 e. The lowest BCUT2D eigenvalue weighted by atomic mass is 9.94. The van der Waals surface area contributed by atoms with Crippen molar-refractivity contribution < 1.29 is 8.83 Å². The van der Waals surface area contributed by atoms with E-state index in [1.54, 1.807) is 6.26 Å². The summed E-state index contributed by atoms with van der Waals surface area (Å²) in [7, 11) is 0. The molecule has 0 aliphatic heterocycles. The molecule has 4 nitrogen and oxygen atoms in total. The van der Waals surface area contributed by atoms with Gasteiger partial charge in [0.1, 0.15) is 5.76 Å². The molecular weight excluding hydrogens is 272 g/mol. The van der Waals surface area contributed by atoms with E-state index < -0.39 is 0 Å². The van der Waals surface area contributed by atoms with E-state index in [1.807, 2.05) is 30.3 Å². The first-order valence-electron chi connectivity index (χ1n) is 6.43. The summed E-state index contributed by atoms with van der Waals surface area (Å²) in [4.78, 5) is 0.304. The summed E-state index contributed by atoms with van der Waals surface area (Å²) in [5.74, 6) is 1.71. The van der Waals surface area contributed by atoms with Crippen LogP contribution in [0, 0.1) is 4.84 Å². The minimum Gasteiger partial charge on any atom is -0.469 e. The number of rotatable bonds is 5. The van der Waals surface area contributed by atoms with E-state index in [0.717, 1.165) is 12.2 Å². The Bertz CT molecular complexity index is 701. The molecule has 0 fully saturated rings. The Morgan fingerprint density at radius 1 is 1.10 bits per heavy atom. The van der Waals surface area contributed by atoms with E-state index in [4.69, 9.17) is 21.1 Å². The van der Waals surface area contributed by atoms with Crippen LogP contribution in [-0.2, 0) is 12.8 Å². The van der Waals surface area contributed by atoms with E-state index in [2.05, 4.69) is 22.3 Å². The summed E-state index contributed by atoms with van der Waals surface area (Å²) < 4.78 is 10.9. The van der Waals surface area contributed by atoms with Gasteiger partial charge in [0.15, 0.2) is 0 Å². The fourth-order valence-corrected chi connectivity index (χ4v) is 2.40. The van der Waals surface area contributed by atoms with Crippen molar-refractivity contribution in [2.24, 2.45) is 0 Å². The Hall–Kier alpha value is -2.14. The van der Waals surface area contributed by atoms with Gasteiger partial charge in [0.2, 0.25) is 5.89 Å². The van der Waals surface area contributed by atoms with Crippen molar-refractivity contribution in [3.05, 3.63) is 70.8 Å². The molecule has 102 valence electrons. The normalized spacial score (nSPS) is 12.4. The van der Waals surface area contributed by atoms with Gasteiger partial charge in [-0.05, 0) is 36.3 Å². The molecule has 1 atom stereocenters. The summed E-state index contributed by atoms with van der Waals surface area (Å²) in [6.45, 7) is 0. The van der Waals surface area contributed by atoms with E-state index in [-0.39, 0.29) is 5.92 Å². The summed E-state index contributed by atoms with van der Waals surface area (Å²) in [6.07, 6.45) is 3.20. The Labute approximate surface area is 121 Å². The number of H-pyrrole nitrogens is 1. The van der Waals surface area contributed by atoms with Crippen LogP contribution in [0.25, 0.3) is 0 Å². The smallest absolute Gasteiger partial charge is 0.284 e. The van der Waals surface area contributed by atoms with Crippen molar-refractivity contribution in [3.63, 3.8) is 0 Å². The van der Waals surface area contributed by atoms with E-state index >= 15 is 0 Å². The first-order valence-corrected chi connectivity index (χ1v) is 6.84. The second-order valence-corrected chi connectivity index (χ2v) is 4.98. The highest BCUT2D eigenvalue weighted by atomic mass is 32.1. The molecule has 0 bridgehead atoms. The number of furan rings is 1. The molecule has 0 aliphatic rings. The number of hydrogen-bond donors (Lipinski definition) is 1. The van der Waals surface area contributed by atoms with Crippen LogP contribution in [0.4, 0.5) is 0 Å². The lowest BCUT2D eigenvalue weighted by Crippen LogP contribution is -2.06. The van der Waals surface area contributed by atoms with Crippen molar-refractivity contribution in [2.45, 2.75) is 18.8 Å². The molecule has 0 radical (unpaired) electrons. The molecule has 0 amide bonds. The van der Waals surface area contributed by atoms with Crippen molar-refractivity contribution in [1.82, 2.24) is 10.2 Å². The Kier molecular flexibility index (Phi) is 3.78. The molecule has 5 heteroatoms. The molecule has 2 aromatic heterocycles. The zero-order chi connectivity index (χ0) is 13.8. The van der Waals surface area contributed by atoms with Gasteiger partial charge in [-0.25, -0.2) is 5.10 Å². The Morgan fingerprint density at radius 2 is 1.95 bits per heavy atom. The van der Waals surface area contributed by atoms with E-state index in [9.17, 15) is 0 Å². The monoisotopic (exact) mass is 286 g/mol. The molecule has 1 N–H and O–H groups in total. The topological polar surface area (TPSA) is 55.0 Å². The summed E-state index contributed by atoms with van der Waals surface area (Å²) in [5, 5.41) is 6.72. The van der Waals surface area contributed by atoms with Crippen LogP contribution in [0.3, 0.4) is 0 Å². The van der Waals surface area contributed by atoms with Crippen molar-refractivity contribution >= 4 is 12.2 Å². The summed E-state index contributed by atoms with van der Waals surface area (Å²) in [6, 6.07) is 14.2. The molecule has 1 unspecified atom stereocenters. The van der Waals surface area contributed by atoms with Crippen molar-refractivity contribution in [1.29, 1.82) is 0 Å². The molecule has 3 rings (SSSR count). The van der Waals surface area contributed by atoms with Gasteiger partial charge in [-0.2, -0.15) is 0 Å². The van der Waals surface area contributed by atoms with Gasteiger partial charge < -0.3 is 8.83 Å². The largest absolute Gasteiger partial charge is 0.469 e. The lowest BCUT2D eigenvalue weighted by molar-refractivity contribution is 0.414. The number of nitrogens with one attached hydrogen (secondary N) is 1. The van der Waals surface area contributed by atoms with Crippen LogP contribution in [-0.4, -0.2) is 10.2 Å². The molecule has 2 heterocycles. The predicted molar refractivity (Wildman–Crippen MR) is 77.0 cm³/mol. The van der Waals surface area contributed by atoms with E-state index in [0.29, 0.717) is 17.1 Å². The maximum atomic E-state index is 5.54. The number of aromatic nitrogens is 2. The highest BCUT2D eigenvalue weighted by Crippen LogP contribution is 2.25. The van der Waals surface area contributed by atoms with Gasteiger partial charge in [0.05, 0.1) is 6.26 Å². The highest BCUT2D eigenvalue weighted by molar-refractivity contribution is 7.71. The zero-order valence-corrected chi connectivity index (χ0v) is 11.6. The zero-order valence-electron chi connectivity index (χ0n) is 10.8. The molecule has 3 aromatic rings. The standard InChI is InChI=1S/C15H14N2O2S/c20-15-17-16-14(19-15)10-12(13-7-4-8-18-13)9-11-5-2-1-3-6-11/h1-8,12H,9-10H2,(H,17,20). The molecular formula is C15H14N2O2S. The molecule has 1 aromatic carbocycles. The van der Waals surface area contributed by atoms with Gasteiger partial charge >= 0.3 is 0 Å². The van der Waals surface area contributed by atoms with Crippen LogP contribution in [0.15, 0.2) is 57.6 Å². The highest BCUT2D eigenvalue weighted by Gasteiger charge is 2.18. The van der Waals surface area contributed by atoms with Crippen molar-refractivity contribution in [2.75, 3.05) is 0 Å². The third-order valence-corrected chi connectivity index (χ3v) is 3.35. The summed E-state index contributed by atoms with van der Waals surface area (Å²) >= 11 is 4.91. The van der Waals surface area contributed by atoms with E-state index in [1.165, 1.54) is 5.56 Å². The average Bonchev–Trinajstić information content (AvgIpc) is 3.11. The first kappa shape index (κ1) is 12.9. The third kappa shape index (κ3) is 3.05. The van der Waals surface area contributed by atoms with Crippen LogP contribution < -0.4 is 0 Å². The van der Waals surface area contributed by atoms with Gasteiger partial charge in [-0.3, -0.25) is 0 Å². The lowest BCUT2D eigenvalue weighted by Gasteiger charge is -2.12. The average molecular weight is 286 g/mol. The quantitative estimate of drug-likeness (QED) is 0.723. The fraction of sp³-hybridized carbons (Fsp3) is 0.200. The van der Waals surface area contributed by atoms with Crippen LogP contribution in [0.5, 0.6) is 0 Å². The van der Waals surface area contributed by atoms with Gasteiger partial charge in [0.25, 0.3) is 4.84 Å². The van der Waals surface area contributed by atoms with Crippen LogP contribution in [0.1, 0.15) is 23.1 Å². The van der Waals surface area contributed by atoms with Gasteiger partial charge in [-0.1, -0.05) is 30.3 Å². The SMILES string of the molecule is S=c1[nH]nc(CC(Cc2ccccc2)c2ccco2)o1. The maximum absolute atomic E-state index is 5.54. The Balaban J connectivity index is 1.83. The van der Waals surface area contributed by atoms with Gasteiger partial charge in [0, 0.05) is 12.3 Å². The van der Waals surface area contributed by atoms with Crippen LogP contribution >= 0.6 is 12.2 Å². The molecule has 20 heavy (non-hydrogen) atoms. The minimum absolute atomic E-state index is 0.175. The Morgan fingerprint density at radius 3 is 2.60 bits per heavy atom.